The lowest BCUT2D eigenvalue weighted by molar-refractivity contribution is 0.473. The monoisotopic (exact) mass is 230 g/mol. The predicted octanol–water partition coefficient (Wildman–Crippen LogP) is 4.88. The lowest BCUT2D eigenvalue weighted by Crippen LogP contribution is -2.18. The van der Waals surface area contributed by atoms with Crippen LogP contribution >= 0.6 is 0 Å². The van der Waals surface area contributed by atoms with Crippen LogP contribution in [0.3, 0.4) is 0 Å². The zero-order chi connectivity index (χ0) is 12.3. The smallest absolute Gasteiger partial charge is 0.122 e. The lowest BCUT2D eigenvalue weighted by Gasteiger charge is -2.29. The Balaban J connectivity index is 2.41. The summed E-state index contributed by atoms with van der Waals surface area (Å²) in [5.41, 5.74) is 2.10. The number of rotatable bonds is 1. The minimum absolute atomic E-state index is 0.0202. The van der Waals surface area contributed by atoms with E-state index < -0.39 is 0 Å². The summed E-state index contributed by atoms with van der Waals surface area (Å²) in [7, 11) is 0. The summed E-state index contributed by atoms with van der Waals surface area (Å²) in [5.74, 6) is 0.583. The maximum Gasteiger partial charge on any atom is 0.122 e. The van der Waals surface area contributed by atoms with Gasteiger partial charge >= 0.3 is 0 Å². The van der Waals surface area contributed by atoms with E-state index in [2.05, 4.69) is 24.3 Å². The van der Waals surface area contributed by atoms with Crippen molar-refractivity contribution in [2.24, 2.45) is 11.8 Å². The zero-order valence-electron chi connectivity index (χ0n) is 10.5. The average Bonchev–Trinajstić information content (AvgIpc) is 2.26. The van der Waals surface area contributed by atoms with Crippen LogP contribution in [0.4, 0.5) is 4.39 Å². The van der Waals surface area contributed by atoms with Crippen molar-refractivity contribution in [3.63, 3.8) is 0 Å². The van der Waals surface area contributed by atoms with Gasteiger partial charge < -0.3 is 0 Å². The number of halogens is 1. The molecule has 0 saturated carbocycles. The van der Waals surface area contributed by atoms with Gasteiger partial charge in [0.05, 0.1) is 0 Å². The van der Waals surface area contributed by atoms with E-state index in [1.54, 1.807) is 6.08 Å². The Morgan fingerprint density at radius 2 is 2.18 bits per heavy atom. The Kier molecular flexibility index (Phi) is 3.78. The van der Waals surface area contributed by atoms with Crippen molar-refractivity contribution >= 4 is 0 Å². The number of hydrogen-bond donors (Lipinski definition) is 0. The van der Waals surface area contributed by atoms with Gasteiger partial charge in [-0.25, -0.2) is 4.39 Å². The predicted molar refractivity (Wildman–Crippen MR) is 71.2 cm³/mol. The summed E-state index contributed by atoms with van der Waals surface area (Å²) in [5, 5.41) is 0. The fourth-order valence-electron chi connectivity index (χ4n) is 2.65. The van der Waals surface area contributed by atoms with E-state index in [9.17, 15) is 4.39 Å². The minimum Gasteiger partial charge on any atom is -0.207 e. The molecule has 2 atom stereocenters. The first-order chi connectivity index (χ1) is 8.22. The summed E-state index contributed by atoms with van der Waals surface area (Å²) >= 11 is 0. The van der Waals surface area contributed by atoms with Crippen LogP contribution in [0.5, 0.6) is 0 Å². The number of allylic oxidation sites excluding steroid dienone is 10. The Bertz CT molecular complexity index is 432. The molecule has 1 heteroatoms. The minimum atomic E-state index is -0.0202. The van der Waals surface area contributed by atoms with Gasteiger partial charge in [0.1, 0.15) is 5.83 Å². The molecule has 0 bridgehead atoms. The molecular formula is C16H19F. The molecule has 0 heterocycles. The molecule has 0 fully saturated rings. The second kappa shape index (κ2) is 5.31. The van der Waals surface area contributed by atoms with Gasteiger partial charge in [-0.3, -0.25) is 0 Å². The summed E-state index contributed by atoms with van der Waals surface area (Å²) in [6.07, 6.45) is 15.9. The van der Waals surface area contributed by atoms with Crippen molar-refractivity contribution in [2.45, 2.75) is 26.7 Å². The molecule has 0 spiro atoms. The van der Waals surface area contributed by atoms with Crippen molar-refractivity contribution in [1.82, 2.24) is 0 Å². The van der Waals surface area contributed by atoms with E-state index >= 15 is 0 Å². The SMILES string of the molecule is CC=CC1/C=C\C=C/CC2=C(F)C=C(C)CC21. The maximum absolute atomic E-state index is 14.0. The van der Waals surface area contributed by atoms with E-state index in [-0.39, 0.29) is 11.7 Å². The summed E-state index contributed by atoms with van der Waals surface area (Å²) < 4.78 is 14.0. The highest BCUT2D eigenvalue weighted by molar-refractivity contribution is 5.35. The standard InChI is InChI=1S/C16H19F/c1-3-7-13-8-5-4-6-9-14-15(13)10-12(2)11-16(14)17/h3-8,11,13,15H,9-10H2,1-2H3/b6-4-,7-3?,8-5-. The van der Waals surface area contributed by atoms with Gasteiger partial charge in [-0.05, 0) is 44.3 Å². The van der Waals surface area contributed by atoms with Crippen LogP contribution in [0.2, 0.25) is 0 Å². The van der Waals surface area contributed by atoms with Gasteiger partial charge in [0.25, 0.3) is 0 Å². The number of hydrogen-bond acceptors (Lipinski definition) is 0. The van der Waals surface area contributed by atoms with Gasteiger partial charge in [0.2, 0.25) is 0 Å². The van der Waals surface area contributed by atoms with Crippen molar-refractivity contribution < 1.29 is 4.39 Å². The lowest BCUT2D eigenvalue weighted by atomic mass is 9.76. The summed E-state index contributed by atoms with van der Waals surface area (Å²) in [6, 6.07) is 0. The van der Waals surface area contributed by atoms with Crippen LogP contribution in [-0.2, 0) is 0 Å². The largest absolute Gasteiger partial charge is 0.207 e. The fourth-order valence-corrected chi connectivity index (χ4v) is 2.65. The molecule has 90 valence electrons. The quantitative estimate of drug-likeness (QED) is 0.563. The fraction of sp³-hybridized carbons (Fsp3) is 0.375. The molecule has 0 aromatic carbocycles. The molecular weight excluding hydrogens is 211 g/mol. The normalized spacial score (nSPS) is 32.8. The molecule has 2 aliphatic rings. The third-order valence-corrected chi connectivity index (χ3v) is 3.47. The molecule has 2 rings (SSSR count). The van der Waals surface area contributed by atoms with Crippen molar-refractivity contribution in [1.29, 1.82) is 0 Å². The van der Waals surface area contributed by atoms with Crippen molar-refractivity contribution in [2.75, 3.05) is 0 Å². The van der Waals surface area contributed by atoms with Crippen LogP contribution in [0.25, 0.3) is 0 Å². The Morgan fingerprint density at radius 1 is 1.35 bits per heavy atom. The van der Waals surface area contributed by atoms with Crippen LogP contribution < -0.4 is 0 Å². The van der Waals surface area contributed by atoms with E-state index in [4.69, 9.17) is 0 Å². The highest BCUT2D eigenvalue weighted by Crippen LogP contribution is 2.39. The third-order valence-electron chi connectivity index (χ3n) is 3.47. The first-order valence-corrected chi connectivity index (χ1v) is 6.24. The molecule has 0 aromatic rings. The Morgan fingerprint density at radius 3 is 2.94 bits per heavy atom. The van der Waals surface area contributed by atoms with E-state index in [0.717, 1.165) is 24.0 Å². The molecule has 0 nitrogen and oxygen atoms in total. The first kappa shape index (κ1) is 12.1. The topological polar surface area (TPSA) is 0 Å². The molecule has 0 aromatic heterocycles. The van der Waals surface area contributed by atoms with E-state index in [1.165, 1.54) is 0 Å². The molecule has 0 saturated heterocycles. The van der Waals surface area contributed by atoms with E-state index in [1.807, 2.05) is 26.0 Å². The molecule has 0 aliphatic heterocycles. The molecule has 2 unspecified atom stereocenters. The van der Waals surface area contributed by atoms with Gasteiger partial charge in [0, 0.05) is 5.92 Å². The average molecular weight is 230 g/mol. The summed E-state index contributed by atoms with van der Waals surface area (Å²) in [4.78, 5) is 0. The van der Waals surface area contributed by atoms with Crippen LogP contribution in [0, 0.1) is 11.8 Å². The highest BCUT2D eigenvalue weighted by atomic mass is 19.1. The van der Waals surface area contributed by atoms with Gasteiger partial charge in [-0.2, -0.15) is 0 Å². The third kappa shape index (κ3) is 2.66. The second-order valence-corrected chi connectivity index (χ2v) is 4.79. The van der Waals surface area contributed by atoms with Crippen LogP contribution in [0.1, 0.15) is 26.7 Å². The van der Waals surface area contributed by atoms with Gasteiger partial charge in [-0.15, -0.1) is 0 Å². The summed E-state index contributed by atoms with van der Waals surface area (Å²) in [6.45, 7) is 4.04. The van der Waals surface area contributed by atoms with E-state index in [0.29, 0.717) is 5.92 Å². The van der Waals surface area contributed by atoms with Crippen LogP contribution in [0.15, 0.2) is 59.5 Å². The zero-order valence-corrected chi connectivity index (χ0v) is 10.5. The molecule has 0 N–H and O–H groups in total. The molecule has 0 radical (unpaired) electrons. The second-order valence-electron chi connectivity index (χ2n) is 4.79. The Hall–Kier alpha value is -1.37. The first-order valence-electron chi connectivity index (χ1n) is 6.24. The Labute approximate surface area is 103 Å². The highest BCUT2D eigenvalue weighted by Gasteiger charge is 2.27. The van der Waals surface area contributed by atoms with Gasteiger partial charge in [-0.1, -0.05) is 42.0 Å². The van der Waals surface area contributed by atoms with Gasteiger partial charge in [0.15, 0.2) is 0 Å². The molecule has 17 heavy (non-hydrogen) atoms. The van der Waals surface area contributed by atoms with Crippen molar-refractivity contribution in [3.8, 4) is 0 Å². The van der Waals surface area contributed by atoms with Crippen LogP contribution in [-0.4, -0.2) is 0 Å². The molecule has 2 aliphatic carbocycles. The number of fused-ring (bicyclic) bond motifs is 1. The molecule has 0 amide bonds. The van der Waals surface area contributed by atoms with Crippen molar-refractivity contribution in [3.05, 3.63) is 59.5 Å². The maximum atomic E-state index is 14.0.